The highest BCUT2D eigenvalue weighted by atomic mass is 16.5. The van der Waals surface area contributed by atoms with E-state index in [1.807, 2.05) is 74.4 Å². The summed E-state index contributed by atoms with van der Waals surface area (Å²) in [6, 6.07) is 15.8. The molecule has 100 valence electrons. The van der Waals surface area contributed by atoms with Gasteiger partial charge in [-0.15, -0.1) is 0 Å². The van der Waals surface area contributed by atoms with Gasteiger partial charge in [-0.1, -0.05) is 24.3 Å². The van der Waals surface area contributed by atoms with Gasteiger partial charge in [0.15, 0.2) is 0 Å². The SMILES string of the molecule is C[C@H](N)c1ccccc1Oc1cccc(N(C)C)c1. The molecule has 0 heterocycles. The number of para-hydroxylation sites is 1. The molecule has 0 spiro atoms. The summed E-state index contributed by atoms with van der Waals surface area (Å²) in [6.45, 7) is 1.96. The van der Waals surface area contributed by atoms with Gasteiger partial charge in [0.05, 0.1) is 0 Å². The molecule has 0 aromatic heterocycles. The minimum Gasteiger partial charge on any atom is -0.457 e. The van der Waals surface area contributed by atoms with E-state index >= 15 is 0 Å². The van der Waals surface area contributed by atoms with Crippen molar-refractivity contribution in [2.24, 2.45) is 5.73 Å². The van der Waals surface area contributed by atoms with Gasteiger partial charge >= 0.3 is 0 Å². The number of ether oxygens (including phenoxy) is 1. The van der Waals surface area contributed by atoms with E-state index in [2.05, 4.69) is 0 Å². The third-order valence-electron chi connectivity index (χ3n) is 2.97. The van der Waals surface area contributed by atoms with Crippen LogP contribution in [0.25, 0.3) is 0 Å². The molecule has 0 radical (unpaired) electrons. The molecular formula is C16H20N2O. The molecule has 0 amide bonds. The largest absolute Gasteiger partial charge is 0.457 e. The van der Waals surface area contributed by atoms with Crippen LogP contribution in [0.5, 0.6) is 11.5 Å². The Morgan fingerprint density at radius 3 is 2.47 bits per heavy atom. The zero-order chi connectivity index (χ0) is 13.8. The molecule has 2 N–H and O–H groups in total. The molecule has 0 saturated carbocycles. The van der Waals surface area contributed by atoms with Gasteiger partial charge in [-0.25, -0.2) is 0 Å². The quantitative estimate of drug-likeness (QED) is 0.909. The number of anilines is 1. The topological polar surface area (TPSA) is 38.5 Å². The fourth-order valence-electron chi connectivity index (χ4n) is 1.90. The van der Waals surface area contributed by atoms with Crippen molar-refractivity contribution >= 4 is 5.69 Å². The third kappa shape index (κ3) is 3.26. The molecule has 3 heteroatoms. The average molecular weight is 256 g/mol. The maximum atomic E-state index is 5.96. The number of hydrogen-bond donors (Lipinski definition) is 1. The van der Waals surface area contributed by atoms with Gasteiger partial charge in [0.25, 0.3) is 0 Å². The van der Waals surface area contributed by atoms with E-state index in [1.54, 1.807) is 0 Å². The first-order valence-electron chi connectivity index (χ1n) is 6.37. The van der Waals surface area contributed by atoms with Crippen LogP contribution in [0.2, 0.25) is 0 Å². The molecule has 0 fully saturated rings. The van der Waals surface area contributed by atoms with Gasteiger partial charge in [0.1, 0.15) is 11.5 Å². The maximum absolute atomic E-state index is 5.96. The number of nitrogens with two attached hydrogens (primary N) is 1. The van der Waals surface area contributed by atoms with E-state index in [4.69, 9.17) is 10.5 Å². The summed E-state index contributed by atoms with van der Waals surface area (Å²) in [6.07, 6.45) is 0. The summed E-state index contributed by atoms with van der Waals surface area (Å²) in [4.78, 5) is 2.05. The minimum absolute atomic E-state index is 0.0479. The van der Waals surface area contributed by atoms with Crippen LogP contribution < -0.4 is 15.4 Å². The number of rotatable bonds is 4. The first-order chi connectivity index (χ1) is 9.08. The van der Waals surface area contributed by atoms with Gasteiger partial charge in [-0.3, -0.25) is 0 Å². The van der Waals surface area contributed by atoms with E-state index in [-0.39, 0.29) is 6.04 Å². The highest BCUT2D eigenvalue weighted by Crippen LogP contribution is 2.30. The van der Waals surface area contributed by atoms with E-state index in [9.17, 15) is 0 Å². The Labute approximate surface area is 114 Å². The number of hydrogen-bond acceptors (Lipinski definition) is 3. The molecule has 3 nitrogen and oxygen atoms in total. The van der Waals surface area contributed by atoms with Crippen molar-refractivity contribution in [3.8, 4) is 11.5 Å². The zero-order valence-corrected chi connectivity index (χ0v) is 11.6. The summed E-state index contributed by atoms with van der Waals surface area (Å²) in [5.41, 5.74) is 8.08. The summed E-state index contributed by atoms with van der Waals surface area (Å²) in [5.74, 6) is 1.63. The summed E-state index contributed by atoms with van der Waals surface area (Å²) in [5, 5.41) is 0. The van der Waals surface area contributed by atoms with Crippen molar-refractivity contribution in [3.63, 3.8) is 0 Å². The van der Waals surface area contributed by atoms with E-state index in [0.29, 0.717) is 0 Å². The Hall–Kier alpha value is -2.00. The van der Waals surface area contributed by atoms with Crippen LogP contribution in [0, 0.1) is 0 Å². The van der Waals surface area contributed by atoms with Gasteiger partial charge in [0, 0.05) is 37.5 Å². The first kappa shape index (κ1) is 13.4. The molecule has 1 atom stereocenters. The van der Waals surface area contributed by atoms with Crippen LogP contribution in [-0.4, -0.2) is 14.1 Å². The monoisotopic (exact) mass is 256 g/mol. The lowest BCUT2D eigenvalue weighted by molar-refractivity contribution is 0.472. The summed E-state index contributed by atoms with van der Waals surface area (Å²) in [7, 11) is 4.02. The Balaban J connectivity index is 2.29. The molecule has 0 aliphatic rings. The van der Waals surface area contributed by atoms with Gasteiger partial charge in [-0.05, 0) is 25.1 Å². The lowest BCUT2D eigenvalue weighted by Crippen LogP contribution is -2.08. The van der Waals surface area contributed by atoms with Crippen LogP contribution in [0.3, 0.4) is 0 Å². The molecule has 0 aliphatic heterocycles. The lowest BCUT2D eigenvalue weighted by atomic mass is 10.1. The van der Waals surface area contributed by atoms with E-state index in [1.165, 1.54) is 0 Å². The smallest absolute Gasteiger partial charge is 0.132 e. The minimum atomic E-state index is -0.0479. The molecule has 2 aromatic rings. The van der Waals surface area contributed by atoms with Gasteiger partial charge < -0.3 is 15.4 Å². The van der Waals surface area contributed by atoms with Crippen LogP contribution >= 0.6 is 0 Å². The maximum Gasteiger partial charge on any atom is 0.132 e. The number of nitrogens with zero attached hydrogens (tertiary/aromatic N) is 1. The molecule has 2 rings (SSSR count). The molecular weight excluding hydrogens is 236 g/mol. The predicted octanol–water partition coefficient (Wildman–Crippen LogP) is 3.56. The van der Waals surface area contributed by atoms with E-state index < -0.39 is 0 Å². The fraction of sp³-hybridized carbons (Fsp3) is 0.250. The summed E-state index contributed by atoms with van der Waals surface area (Å²) >= 11 is 0. The van der Waals surface area contributed by atoms with Crippen molar-refractivity contribution < 1.29 is 4.74 Å². The second-order valence-corrected chi connectivity index (χ2v) is 4.82. The Morgan fingerprint density at radius 2 is 1.79 bits per heavy atom. The Kier molecular flexibility index (Phi) is 4.07. The fourth-order valence-corrected chi connectivity index (χ4v) is 1.90. The van der Waals surface area contributed by atoms with Crippen LogP contribution in [0.15, 0.2) is 48.5 Å². The highest BCUT2D eigenvalue weighted by Gasteiger charge is 2.08. The van der Waals surface area contributed by atoms with Crippen molar-refractivity contribution in [3.05, 3.63) is 54.1 Å². The third-order valence-corrected chi connectivity index (χ3v) is 2.97. The van der Waals surface area contributed by atoms with E-state index in [0.717, 1.165) is 22.7 Å². The van der Waals surface area contributed by atoms with Crippen molar-refractivity contribution in [1.82, 2.24) is 0 Å². The second kappa shape index (κ2) is 5.76. The molecule has 0 saturated heterocycles. The lowest BCUT2D eigenvalue weighted by Gasteiger charge is -2.16. The van der Waals surface area contributed by atoms with Crippen LogP contribution in [0.4, 0.5) is 5.69 Å². The van der Waals surface area contributed by atoms with Crippen molar-refractivity contribution in [1.29, 1.82) is 0 Å². The van der Waals surface area contributed by atoms with Gasteiger partial charge in [0.2, 0.25) is 0 Å². The zero-order valence-electron chi connectivity index (χ0n) is 11.6. The molecule has 19 heavy (non-hydrogen) atoms. The molecule has 0 bridgehead atoms. The highest BCUT2D eigenvalue weighted by molar-refractivity contribution is 5.51. The first-order valence-corrected chi connectivity index (χ1v) is 6.37. The predicted molar refractivity (Wildman–Crippen MR) is 79.9 cm³/mol. The van der Waals surface area contributed by atoms with Crippen molar-refractivity contribution in [2.45, 2.75) is 13.0 Å². The number of benzene rings is 2. The Bertz CT molecular complexity index is 550. The van der Waals surface area contributed by atoms with Crippen molar-refractivity contribution in [2.75, 3.05) is 19.0 Å². The normalized spacial score (nSPS) is 12.0. The Morgan fingerprint density at radius 1 is 1.05 bits per heavy atom. The van der Waals surface area contributed by atoms with Crippen LogP contribution in [-0.2, 0) is 0 Å². The standard InChI is InChI=1S/C16H20N2O/c1-12(17)15-9-4-5-10-16(15)19-14-8-6-7-13(11-14)18(2)3/h4-12H,17H2,1-3H3/t12-/m0/s1. The van der Waals surface area contributed by atoms with Gasteiger partial charge in [-0.2, -0.15) is 0 Å². The molecule has 0 aliphatic carbocycles. The summed E-state index contributed by atoms with van der Waals surface area (Å²) < 4.78 is 5.95. The average Bonchev–Trinajstić information content (AvgIpc) is 2.39. The second-order valence-electron chi connectivity index (χ2n) is 4.82. The van der Waals surface area contributed by atoms with Crippen LogP contribution in [0.1, 0.15) is 18.5 Å². The molecule has 0 unspecified atom stereocenters. The molecule has 2 aromatic carbocycles.